The molecule has 0 saturated carbocycles. The average Bonchev–Trinajstić information content (AvgIpc) is 2.11. The van der Waals surface area contributed by atoms with Gasteiger partial charge in [0.05, 0.1) is 5.60 Å². The fraction of sp³-hybridized carbons (Fsp3) is 0.733. The molecule has 0 aromatic heterocycles. The summed E-state index contributed by atoms with van der Waals surface area (Å²) in [5, 5.41) is 10.2. The Morgan fingerprint density at radius 1 is 1.50 bits per heavy atom. The van der Waals surface area contributed by atoms with Gasteiger partial charge in [-0.1, -0.05) is 25.0 Å². The van der Waals surface area contributed by atoms with Gasteiger partial charge >= 0.3 is 0 Å². The summed E-state index contributed by atoms with van der Waals surface area (Å²) in [4.78, 5) is 0. The molecule has 0 aromatic carbocycles. The molecule has 1 unspecified atom stereocenters. The van der Waals surface area contributed by atoms with Crippen LogP contribution in [-0.2, 0) is 0 Å². The van der Waals surface area contributed by atoms with Crippen LogP contribution in [0.3, 0.4) is 0 Å². The van der Waals surface area contributed by atoms with Gasteiger partial charge in [-0.3, -0.25) is 0 Å². The minimum absolute atomic E-state index is 0.223. The third kappa shape index (κ3) is 3.12. The van der Waals surface area contributed by atoms with Crippen LogP contribution in [-0.4, -0.2) is 10.7 Å². The maximum atomic E-state index is 10.2. The second-order valence-corrected chi connectivity index (χ2v) is 6.05. The monoisotopic (exact) mass is 220 g/mol. The molecule has 16 heavy (non-hydrogen) atoms. The van der Waals surface area contributed by atoms with E-state index in [9.17, 15) is 5.11 Å². The molecular weight excluding hydrogens is 196 g/mol. The van der Waals surface area contributed by atoms with Crippen LogP contribution in [0.15, 0.2) is 11.1 Å². The summed E-state index contributed by atoms with van der Waals surface area (Å²) in [6.07, 6.45) is 10.1. The molecule has 1 heteroatoms. The number of aliphatic hydroxyl groups is 1. The standard InChI is InChI=1S/C15H24O/c1-6-9-15(5,16)11-13-12(2)8-7-10-14(13,3)4/h1,16H,7-11H2,2-5H3. The highest BCUT2D eigenvalue weighted by atomic mass is 16.3. The minimum atomic E-state index is -0.750. The van der Waals surface area contributed by atoms with Crippen molar-refractivity contribution in [3.8, 4) is 12.3 Å². The van der Waals surface area contributed by atoms with Crippen LogP contribution in [0.2, 0.25) is 0 Å². The zero-order valence-corrected chi connectivity index (χ0v) is 11.1. The first kappa shape index (κ1) is 13.3. The maximum Gasteiger partial charge on any atom is 0.0765 e. The van der Waals surface area contributed by atoms with Crippen LogP contribution in [0.5, 0.6) is 0 Å². The largest absolute Gasteiger partial charge is 0.389 e. The topological polar surface area (TPSA) is 20.2 Å². The molecule has 1 aliphatic rings. The first-order chi connectivity index (χ1) is 7.28. The van der Waals surface area contributed by atoms with Crippen molar-refractivity contribution >= 4 is 0 Å². The second-order valence-electron chi connectivity index (χ2n) is 6.05. The van der Waals surface area contributed by atoms with Crippen molar-refractivity contribution in [3.05, 3.63) is 11.1 Å². The highest BCUT2D eigenvalue weighted by Crippen LogP contribution is 2.43. The highest BCUT2D eigenvalue weighted by molar-refractivity contribution is 5.24. The average molecular weight is 220 g/mol. The van der Waals surface area contributed by atoms with Gasteiger partial charge in [-0.15, -0.1) is 12.3 Å². The van der Waals surface area contributed by atoms with Gasteiger partial charge < -0.3 is 5.11 Å². The van der Waals surface area contributed by atoms with Crippen molar-refractivity contribution in [3.63, 3.8) is 0 Å². The van der Waals surface area contributed by atoms with E-state index >= 15 is 0 Å². The van der Waals surface area contributed by atoms with E-state index in [1.807, 2.05) is 6.92 Å². The third-order valence-electron chi connectivity index (χ3n) is 3.73. The lowest BCUT2D eigenvalue weighted by Gasteiger charge is -2.38. The van der Waals surface area contributed by atoms with Crippen LogP contribution >= 0.6 is 0 Å². The van der Waals surface area contributed by atoms with E-state index in [-0.39, 0.29) is 5.41 Å². The Morgan fingerprint density at radius 3 is 2.62 bits per heavy atom. The van der Waals surface area contributed by atoms with Crippen LogP contribution in [0.25, 0.3) is 0 Å². The van der Waals surface area contributed by atoms with E-state index < -0.39 is 5.60 Å². The Balaban J connectivity index is 2.90. The van der Waals surface area contributed by atoms with E-state index in [2.05, 4.69) is 26.7 Å². The fourth-order valence-electron chi connectivity index (χ4n) is 2.73. The van der Waals surface area contributed by atoms with Gasteiger partial charge in [-0.05, 0) is 44.9 Å². The first-order valence-electron chi connectivity index (χ1n) is 6.13. The molecular formula is C15H24O. The van der Waals surface area contributed by atoms with Crippen LogP contribution in [0.1, 0.15) is 59.8 Å². The molecule has 1 N–H and O–H groups in total. The molecule has 0 bridgehead atoms. The summed E-state index contributed by atoms with van der Waals surface area (Å²) in [6, 6.07) is 0. The van der Waals surface area contributed by atoms with Crippen molar-refractivity contribution in [2.75, 3.05) is 0 Å². The normalized spacial score (nSPS) is 23.8. The van der Waals surface area contributed by atoms with Gasteiger partial charge in [-0.2, -0.15) is 0 Å². The van der Waals surface area contributed by atoms with E-state index in [1.54, 1.807) is 0 Å². The van der Waals surface area contributed by atoms with E-state index in [4.69, 9.17) is 6.42 Å². The molecule has 0 radical (unpaired) electrons. The zero-order chi connectivity index (χ0) is 12.4. The Labute approximate surface area is 99.9 Å². The van der Waals surface area contributed by atoms with Gasteiger partial charge in [0.15, 0.2) is 0 Å². The number of hydrogen-bond donors (Lipinski definition) is 1. The fourth-order valence-corrected chi connectivity index (χ4v) is 2.73. The second kappa shape index (κ2) is 4.63. The molecule has 0 amide bonds. The van der Waals surface area contributed by atoms with E-state index in [0.29, 0.717) is 6.42 Å². The summed E-state index contributed by atoms with van der Waals surface area (Å²) in [6.45, 7) is 8.59. The highest BCUT2D eigenvalue weighted by Gasteiger charge is 2.33. The van der Waals surface area contributed by atoms with Crippen LogP contribution in [0.4, 0.5) is 0 Å². The van der Waals surface area contributed by atoms with Crippen LogP contribution in [0, 0.1) is 17.8 Å². The van der Waals surface area contributed by atoms with Gasteiger partial charge in [0.2, 0.25) is 0 Å². The van der Waals surface area contributed by atoms with Gasteiger partial charge in [-0.25, -0.2) is 0 Å². The minimum Gasteiger partial charge on any atom is -0.389 e. The summed E-state index contributed by atoms with van der Waals surface area (Å²) in [5.41, 5.74) is 2.34. The molecule has 0 aromatic rings. The number of rotatable bonds is 3. The van der Waals surface area contributed by atoms with Gasteiger partial charge in [0.1, 0.15) is 0 Å². The SMILES string of the molecule is C#CCC(C)(O)CC1=C(C)CCCC1(C)C. The van der Waals surface area contributed by atoms with Crippen molar-refractivity contribution in [1.82, 2.24) is 0 Å². The summed E-state index contributed by atoms with van der Waals surface area (Å²) < 4.78 is 0. The lowest BCUT2D eigenvalue weighted by Crippen LogP contribution is -2.30. The molecule has 1 rings (SSSR count). The molecule has 0 saturated heterocycles. The van der Waals surface area contributed by atoms with Crippen LogP contribution < -0.4 is 0 Å². The van der Waals surface area contributed by atoms with Gasteiger partial charge in [0.25, 0.3) is 0 Å². The number of allylic oxidation sites excluding steroid dienone is 1. The summed E-state index contributed by atoms with van der Waals surface area (Å²) in [7, 11) is 0. The first-order valence-corrected chi connectivity index (χ1v) is 6.13. The molecule has 90 valence electrons. The molecule has 0 heterocycles. The zero-order valence-electron chi connectivity index (χ0n) is 11.1. The Kier molecular flexibility index (Phi) is 3.86. The van der Waals surface area contributed by atoms with Crippen molar-refractivity contribution in [2.45, 2.75) is 65.4 Å². The Hall–Kier alpha value is -0.740. The molecule has 1 aliphatic carbocycles. The lowest BCUT2D eigenvalue weighted by molar-refractivity contribution is 0.0588. The molecule has 0 spiro atoms. The van der Waals surface area contributed by atoms with Crippen molar-refractivity contribution in [1.29, 1.82) is 0 Å². The van der Waals surface area contributed by atoms with E-state index in [0.717, 1.165) is 6.42 Å². The molecule has 1 nitrogen and oxygen atoms in total. The van der Waals surface area contributed by atoms with Gasteiger partial charge in [0, 0.05) is 6.42 Å². The number of hydrogen-bond acceptors (Lipinski definition) is 1. The Morgan fingerprint density at radius 2 is 2.12 bits per heavy atom. The predicted octanol–water partition coefficient (Wildman–Crippen LogP) is 3.68. The number of terminal acetylenes is 1. The summed E-state index contributed by atoms with van der Waals surface area (Å²) in [5.74, 6) is 2.57. The quantitative estimate of drug-likeness (QED) is 0.568. The molecule has 0 aliphatic heterocycles. The van der Waals surface area contributed by atoms with Crippen molar-refractivity contribution < 1.29 is 5.11 Å². The molecule has 1 atom stereocenters. The predicted molar refractivity (Wildman–Crippen MR) is 69.0 cm³/mol. The Bertz CT molecular complexity index is 326. The third-order valence-corrected chi connectivity index (χ3v) is 3.73. The van der Waals surface area contributed by atoms with Crippen molar-refractivity contribution in [2.24, 2.45) is 5.41 Å². The van der Waals surface area contributed by atoms with E-state index in [1.165, 1.54) is 30.4 Å². The molecule has 0 fully saturated rings. The summed E-state index contributed by atoms with van der Waals surface area (Å²) >= 11 is 0. The maximum absolute atomic E-state index is 10.2. The lowest BCUT2D eigenvalue weighted by atomic mass is 9.69. The smallest absolute Gasteiger partial charge is 0.0765 e.